The van der Waals surface area contributed by atoms with Crippen molar-refractivity contribution in [3.63, 3.8) is 0 Å². The summed E-state index contributed by atoms with van der Waals surface area (Å²) in [7, 11) is 0. The van der Waals surface area contributed by atoms with Gasteiger partial charge in [0.15, 0.2) is 0 Å². The molecule has 3 N–H and O–H groups in total. The first-order valence-corrected chi connectivity index (χ1v) is 41.2. The van der Waals surface area contributed by atoms with Crippen molar-refractivity contribution in [1.29, 1.82) is 0 Å². The van der Waals surface area contributed by atoms with Crippen molar-refractivity contribution in [3.8, 4) is 0 Å². The Kier molecular flexibility index (Phi) is 77.8. The van der Waals surface area contributed by atoms with Crippen LogP contribution in [-0.2, 0) is 14.3 Å². The predicted molar refractivity (Wildman–Crippen MR) is 398 cm³/mol. The second kappa shape index (κ2) is 79.5. The molecule has 0 aromatic heterocycles. The molecule has 6 heteroatoms. The van der Waals surface area contributed by atoms with Crippen molar-refractivity contribution in [2.75, 3.05) is 13.2 Å². The molecule has 0 spiro atoms. The monoisotopic (exact) mass is 1260 g/mol. The number of hydrogen-bond donors (Lipinski definition) is 3. The fourth-order valence-corrected chi connectivity index (χ4v) is 13.1. The van der Waals surface area contributed by atoms with E-state index in [9.17, 15) is 19.8 Å². The van der Waals surface area contributed by atoms with Crippen LogP contribution >= 0.6 is 0 Å². The molecule has 0 aromatic rings. The van der Waals surface area contributed by atoms with Gasteiger partial charge >= 0.3 is 5.97 Å². The Morgan fingerprint density at radius 3 is 0.878 bits per heavy atom. The number of amides is 1. The summed E-state index contributed by atoms with van der Waals surface area (Å²) in [4.78, 5) is 24.6. The maximum absolute atomic E-state index is 12.6. The van der Waals surface area contributed by atoms with Crippen molar-refractivity contribution in [3.05, 3.63) is 36.5 Å². The second-order valence-electron chi connectivity index (χ2n) is 28.5. The van der Waals surface area contributed by atoms with E-state index < -0.39 is 12.1 Å². The molecule has 0 fully saturated rings. The molecule has 0 aromatic carbocycles. The highest BCUT2D eigenvalue weighted by Gasteiger charge is 2.20. The summed E-state index contributed by atoms with van der Waals surface area (Å²) >= 11 is 0. The normalized spacial score (nSPS) is 12.6. The highest BCUT2D eigenvalue weighted by atomic mass is 16.5. The molecular formula is C84H161NO5. The Morgan fingerprint density at radius 2 is 0.556 bits per heavy atom. The summed E-state index contributed by atoms with van der Waals surface area (Å²) in [5.41, 5.74) is 0. The van der Waals surface area contributed by atoms with Crippen LogP contribution in [0.15, 0.2) is 36.5 Å². The Morgan fingerprint density at radius 1 is 0.311 bits per heavy atom. The summed E-state index contributed by atoms with van der Waals surface area (Å²) in [6.07, 6.45) is 104. The van der Waals surface area contributed by atoms with Crippen molar-refractivity contribution in [1.82, 2.24) is 5.32 Å². The third kappa shape index (κ3) is 75.1. The molecule has 6 nitrogen and oxygen atoms in total. The minimum Gasteiger partial charge on any atom is -0.466 e. The zero-order valence-electron chi connectivity index (χ0n) is 61.1. The van der Waals surface area contributed by atoms with Gasteiger partial charge in [0.2, 0.25) is 5.91 Å². The van der Waals surface area contributed by atoms with Gasteiger partial charge in [-0.3, -0.25) is 9.59 Å². The van der Waals surface area contributed by atoms with E-state index in [1.807, 2.05) is 0 Å². The van der Waals surface area contributed by atoms with Gasteiger partial charge in [0, 0.05) is 12.8 Å². The van der Waals surface area contributed by atoms with Crippen molar-refractivity contribution < 1.29 is 24.5 Å². The maximum atomic E-state index is 12.6. The first kappa shape index (κ1) is 88.1. The van der Waals surface area contributed by atoms with Crippen LogP contribution in [0.25, 0.3) is 0 Å². The molecule has 532 valence electrons. The molecule has 0 aliphatic carbocycles. The molecule has 90 heavy (non-hydrogen) atoms. The quantitative estimate of drug-likeness (QED) is 0.0320. The molecule has 0 bridgehead atoms. The van der Waals surface area contributed by atoms with Crippen LogP contribution in [0.5, 0.6) is 0 Å². The zero-order chi connectivity index (χ0) is 64.9. The lowest BCUT2D eigenvalue weighted by molar-refractivity contribution is -0.143. The first-order chi connectivity index (χ1) is 44.5. The molecule has 0 radical (unpaired) electrons. The second-order valence-corrected chi connectivity index (χ2v) is 28.5. The van der Waals surface area contributed by atoms with E-state index in [1.165, 1.54) is 379 Å². The van der Waals surface area contributed by atoms with E-state index in [2.05, 4.69) is 55.6 Å². The number of allylic oxidation sites excluding steroid dienone is 6. The number of esters is 1. The number of unbranched alkanes of at least 4 members (excludes halogenated alkanes) is 61. The molecule has 0 saturated carbocycles. The lowest BCUT2D eigenvalue weighted by Gasteiger charge is -2.22. The average molecular weight is 1270 g/mol. The van der Waals surface area contributed by atoms with Gasteiger partial charge in [-0.1, -0.05) is 403 Å². The number of rotatable bonds is 78. The number of hydrogen-bond acceptors (Lipinski definition) is 5. The molecule has 0 aliphatic rings. The summed E-state index contributed by atoms with van der Waals surface area (Å²) in [5.74, 6) is -0.0177. The molecule has 2 unspecified atom stereocenters. The summed E-state index contributed by atoms with van der Waals surface area (Å²) in [6.45, 7) is 4.97. The predicted octanol–water partition coefficient (Wildman–Crippen LogP) is 27.4. The lowest BCUT2D eigenvalue weighted by atomic mass is 10.0. The minimum atomic E-state index is -0.663. The highest BCUT2D eigenvalue weighted by Crippen LogP contribution is 2.20. The van der Waals surface area contributed by atoms with Crippen LogP contribution in [0.1, 0.15) is 463 Å². The van der Waals surface area contributed by atoms with E-state index in [-0.39, 0.29) is 18.5 Å². The number of carbonyl (C=O) groups excluding carboxylic acids is 2. The number of aliphatic hydroxyl groups is 2. The van der Waals surface area contributed by atoms with E-state index in [0.29, 0.717) is 25.9 Å². The van der Waals surface area contributed by atoms with E-state index in [1.54, 1.807) is 0 Å². The Balaban J connectivity index is 3.34. The molecule has 2 atom stereocenters. The third-order valence-electron chi connectivity index (χ3n) is 19.4. The van der Waals surface area contributed by atoms with Crippen molar-refractivity contribution in [2.45, 2.75) is 475 Å². The topological polar surface area (TPSA) is 95.9 Å². The van der Waals surface area contributed by atoms with Gasteiger partial charge in [-0.15, -0.1) is 0 Å². The minimum absolute atomic E-state index is 0.00808. The number of aliphatic hydroxyl groups excluding tert-OH is 2. The van der Waals surface area contributed by atoms with Crippen LogP contribution in [0.2, 0.25) is 0 Å². The molecule has 0 heterocycles. The van der Waals surface area contributed by atoms with Gasteiger partial charge in [-0.05, 0) is 83.5 Å². The lowest BCUT2D eigenvalue weighted by Crippen LogP contribution is -2.45. The van der Waals surface area contributed by atoms with Crippen LogP contribution in [0, 0.1) is 0 Å². The Bertz CT molecular complexity index is 1460. The zero-order valence-corrected chi connectivity index (χ0v) is 61.1. The van der Waals surface area contributed by atoms with Gasteiger partial charge in [0.05, 0.1) is 25.4 Å². The molecule has 0 rings (SSSR count). The molecule has 0 aliphatic heterocycles. The largest absolute Gasteiger partial charge is 0.466 e. The van der Waals surface area contributed by atoms with E-state index in [0.717, 1.165) is 51.4 Å². The van der Waals surface area contributed by atoms with Gasteiger partial charge in [-0.25, -0.2) is 0 Å². The van der Waals surface area contributed by atoms with Crippen LogP contribution in [-0.4, -0.2) is 47.4 Å². The number of carbonyl (C=O) groups is 2. The Hall–Kier alpha value is -1.92. The van der Waals surface area contributed by atoms with Crippen LogP contribution in [0.4, 0.5) is 0 Å². The van der Waals surface area contributed by atoms with Crippen LogP contribution < -0.4 is 5.32 Å². The van der Waals surface area contributed by atoms with Crippen molar-refractivity contribution >= 4 is 11.9 Å². The standard InChI is InChI=1S/C84H161NO5/c1-3-5-7-9-11-13-15-17-19-20-21-39-42-45-49-52-56-60-64-68-72-76-82(87)81(80-86)85-83(88)77-73-69-65-61-57-53-50-46-43-40-37-35-33-31-29-27-25-23-22-24-26-28-30-32-34-36-38-41-44-47-51-55-59-63-67-71-75-79-90-84(89)78-74-70-66-62-58-54-48-18-16-14-12-10-8-6-4-2/h12,14,18,22,24,48,81-82,86-87H,3-11,13,15-17,19-21,23,25-47,49-80H2,1-2H3,(H,85,88)/b14-12-,24-22-,48-18-. The number of ether oxygens (including phenoxy) is 1. The molecular weight excluding hydrogens is 1100 g/mol. The van der Waals surface area contributed by atoms with Gasteiger partial charge < -0.3 is 20.3 Å². The highest BCUT2D eigenvalue weighted by molar-refractivity contribution is 5.76. The van der Waals surface area contributed by atoms with E-state index in [4.69, 9.17) is 4.74 Å². The van der Waals surface area contributed by atoms with Gasteiger partial charge in [-0.2, -0.15) is 0 Å². The fraction of sp³-hybridized carbons (Fsp3) is 0.905. The van der Waals surface area contributed by atoms with E-state index >= 15 is 0 Å². The fourth-order valence-electron chi connectivity index (χ4n) is 13.1. The number of nitrogens with one attached hydrogen (secondary N) is 1. The Labute approximate surface area is 564 Å². The smallest absolute Gasteiger partial charge is 0.305 e. The van der Waals surface area contributed by atoms with Gasteiger partial charge in [0.25, 0.3) is 0 Å². The third-order valence-corrected chi connectivity index (χ3v) is 19.4. The SMILES string of the molecule is CCCCC/C=C\C/C=C\CCCCCCCC(=O)OCCCCCCCCCCCCCCCCCC/C=C\CCCCCCCCCCCCCCCCCCCC(=O)NC(CO)C(O)CCCCCCCCCCCCCCCCCCCCCCC. The van der Waals surface area contributed by atoms with Gasteiger partial charge in [0.1, 0.15) is 0 Å². The van der Waals surface area contributed by atoms with Crippen molar-refractivity contribution in [2.24, 2.45) is 0 Å². The summed E-state index contributed by atoms with van der Waals surface area (Å²) in [5, 5.41) is 23.5. The average Bonchev–Trinajstić information content (AvgIpc) is 3.68. The summed E-state index contributed by atoms with van der Waals surface area (Å²) in [6, 6.07) is -0.540. The van der Waals surface area contributed by atoms with Crippen LogP contribution in [0.3, 0.4) is 0 Å². The summed E-state index contributed by atoms with van der Waals surface area (Å²) < 4.78 is 5.49. The maximum Gasteiger partial charge on any atom is 0.305 e. The molecule has 1 amide bonds. The molecule has 0 saturated heterocycles. The first-order valence-electron chi connectivity index (χ1n) is 41.2.